The van der Waals surface area contributed by atoms with Crippen molar-refractivity contribution < 1.29 is 9.53 Å². The SMILES string of the molecule is CCN(C(=O)C(Cl)c1ccc(OC)cc1)C1CCCCC1. The fourth-order valence-corrected chi connectivity index (χ4v) is 3.32. The summed E-state index contributed by atoms with van der Waals surface area (Å²) in [5.41, 5.74) is 0.830. The molecule has 116 valence electrons. The Balaban J connectivity index is 2.07. The van der Waals surface area contributed by atoms with Gasteiger partial charge in [-0.2, -0.15) is 0 Å². The Morgan fingerprint density at radius 1 is 1.29 bits per heavy atom. The van der Waals surface area contributed by atoms with Crippen LogP contribution in [0, 0.1) is 0 Å². The van der Waals surface area contributed by atoms with E-state index in [0.29, 0.717) is 6.04 Å². The van der Waals surface area contributed by atoms with Crippen LogP contribution in [0.15, 0.2) is 24.3 Å². The second-order valence-corrected chi connectivity index (χ2v) is 5.99. The van der Waals surface area contributed by atoms with E-state index >= 15 is 0 Å². The Labute approximate surface area is 132 Å². The number of hydrogen-bond acceptors (Lipinski definition) is 2. The van der Waals surface area contributed by atoms with Crippen molar-refractivity contribution in [2.24, 2.45) is 0 Å². The topological polar surface area (TPSA) is 29.5 Å². The molecule has 0 radical (unpaired) electrons. The minimum atomic E-state index is -0.613. The molecule has 0 spiro atoms. The van der Waals surface area contributed by atoms with Crippen molar-refractivity contribution in [1.29, 1.82) is 0 Å². The molecule has 0 N–H and O–H groups in total. The van der Waals surface area contributed by atoms with Crippen LogP contribution in [-0.4, -0.2) is 30.5 Å². The Morgan fingerprint density at radius 2 is 1.90 bits per heavy atom. The summed E-state index contributed by atoms with van der Waals surface area (Å²) in [5.74, 6) is 0.797. The smallest absolute Gasteiger partial charge is 0.245 e. The van der Waals surface area contributed by atoms with Crippen molar-refractivity contribution in [2.75, 3.05) is 13.7 Å². The highest BCUT2D eigenvalue weighted by Gasteiger charge is 2.29. The maximum atomic E-state index is 12.7. The normalized spacial score (nSPS) is 17.3. The highest BCUT2D eigenvalue weighted by atomic mass is 35.5. The molecule has 3 nitrogen and oxygen atoms in total. The average molecular weight is 310 g/mol. The van der Waals surface area contributed by atoms with E-state index in [1.165, 1.54) is 19.3 Å². The van der Waals surface area contributed by atoms with Crippen LogP contribution < -0.4 is 4.74 Å². The van der Waals surface area contributed by atoms with Gasteiger partial charge in [0, 0.05) is 12.6 Å². The molecule has 1 aromatic rings. The number of alkyl halides is 1. The predicted octanol–water partition coefficient (Wildman–Crippen LogP) is 4.16. The summed E-state index contributed by atoms with van der Waals surface area (Å²) in [6.07, 6.45) is 5.91. The molecule has 0 heterocycles. The van der Waals surface area contributed by atoms with E-state index in [1.54, 1.807) is 7.11 Å². The monoisotopic (exact) mass is 309 g/mol. The molecule has 2 rings (SSSR count). The fraction of sp³-hybridized carbons (Fsp3) is 0.588. The van der Waals surface area contributed by atoms with Crippen molar-refractivity contribution >= 4 is 17.5 Å². The number of rotatable bonds is 5. The summed E-state index contributed by atoms with van der Waals surface area (Å²) < 4.78 is 5.13. The number of hydrogen-bond donors (Lipinski definition) is 0. The third-order valence-corrected chi connectivity index (χ3v) is 4.70. The van der Waals surface area contributed by atoms with Gasteiger partial charge in [0.25, 0.3) is 0 Å². The van der Waals surface area contributed by atoms with Gasteiger partial charge in [0.15, 0.2) is 0 Å². The van der Waals surface area contributed by atoms with Crippen molar-refractivity contribution in [1.82, 2.24) is 4.90 Å². The fourth-order valence-electron chi connectivity index (χ4n) is 3.05. The molecule has 1 amide bonds. The minimum absolute atomic E-state index is 0.0243. The maximum Gasteiger partial charge on any atom is 0.245 e. The molecule has 21 heavy (non-hydrogen) atoms. The molecule has 0 aliphatic heterocycles. The van der Waals surface area contributed by atoms with Gasteiger partial charge in [0.05, 0.1) is 7.11 Å². The van der Waals surface area contributed by atoms with Crippen molar-refractivity contribution in [3.8, 4) is 5.75 Å². The Kier molecular flexibility index (Phi) is 5.92. The Hall–Kier alpha value is -1.22. The summed E-state index contributed by atoms with van der Waals surface area (Å²) in [4.78, 5) is 14.7. The van der Waals surface area contributed by atoms with Crippen LogP contribution in [0.1, 0.15) is 50.0 Å². The largest absolute Gasteiger partial charge is 0.497 e. The quantitative estimate of drug-likeness (QED) is 0.764. The van der Waals surface area contributed by atoms with E-state index in [0.717, 1.165) is 30.7 Å². The lowest BCUT2D eigenvalue weighted by Gasteiger charge is -2.34. The first-order chi connectivity index (χ1) is 10.2. The summed E-state index contributed by atoms with van der Waals surface area (Å²) in [5, 5.41) is -0.613. The lowest BCUT2D eigenvalue weighted by Crippen LogP contribution is -2.42. The zero-order chi connectivity index (χ0) is 15.2. The third-order valence-electron chi connectivity index (χ3n) is 4.26. The first-order valence-corrected chi connectivity index (χ1v) is 8.19. The van der Waals surface area contributed by atoms with E-state index in [2.05, 4.69) is 0 Å². The van der Waals surface area contributed by atoms with E-state index in [1.807, 2.05) is 36.1 Å². The Bertz CT molecular complexity index is 454. The number of likely N-dealkylation sites (N-methyl/N-ethyl adjacent to an activating group) is 1. The van der Waals surface area contributed by atoms with Crippen LogP contribution in [0.2, 0.25) is 0 Å². The van der Waals surface area contributed by atoms with Gasteiger partial charge in [-0.1, -0.05) is 31.4 Å². The van der Waals surface area contributed by atoms with E-state index in [4.69, 9.17) is 16.3 Å². The van der Waals surface area contributed by atoms with Crippen LogP contribution in [0.5, 0.6) is 5.75 Å². The number of nitrogens with zero attached hydrogens (tertiary/aromatic N) is 1. The molecule has 1 aliphatic carbocycles. The van der Waals surface area contributed by atoms with E-state index in [-0.39, 0.29) is 5.91 Å². The van der Waals surface area contributed by atoms with Crippen LogP contribution in [-0.2, 0) is 4.79 Å². The minimum Gasteiger partial charge on any atom is -0.497 e. The van der Waals surface area contributed by atoms with Crippen LogP contribution in [0.4, 0.5) is 0 Å². The standard InChI is InChI=1S/C17H24ClNO2/c1-3-19(14-7-5-4-6-8-14)17(20)16(18)13-9-11-15(21-2)12-10-13/h9-12,14,16H,3-8H2,1-2H3. The molecule has 0 saturated heterocycles. The molecule has 1 saturated carbocycles. The van der Waals surface area contributed by atoms with Gasteiger partial charge in [0.2, 0.25) is 5.91 Å². The number of benzene rings is 1. The highest BCUT2D eigenvalue weighted by Crippen LogP contribution is 2.29. The zero-order valence-corrected chi connectivity index (χ0v) is 13.6. The number of methoxy groups -OCH3 is 1. The van der Waals surface area contributed by atoms with Crippen LogP contribution in [0.3, 0.4) is 0 Å². The second kappa shape index (κ2) is 7.69. The number of ether oxygens (including phenoxy) is 1. The summed E-state index contributed by atoms with van der Waals surface area (Å²) in [6, 6.07) is 7.77. The van der Waals surface area contributed by atoms with Gasteiger partial charge >= 0.3 is 0 Å². The first kappa shape index (κ1) is 16.2. The predicted molar refractivity (Wildman–Crippen MR) is 85.8 cm³/mol. The number of halogens is 1. The molecule has 4 heteroatoms. The van der Waals surface area contributed by atoms with Gasteiger partial charge in [-0.25, -0.2) is 0 Å². The third kappa shape index (κ3) is 3.91. The summed E-state index contributed by atoms with van der Waals surface area (Å²) in [6.45, 7) is 2.76. The number of carbonyl (C=O) groups is 1. The van der Waals surface area contributed by atoms with Gasteiger partial charge in [0.1, 0.15) is 11.1 Å². The number of amides is 1. The molecule has 0 aromatic heterocycles. The molecule has 1 fully saturated rings. The highest BCUT2D eigenvalue weighted by molar-refractivity contribution is 6.30. The van der Waals surface area contributed by atoms with Gasteiger partial charge in [-0.15, -0.1) is 11.6 Å². The summed E-state index contributed by atoms with van der Waals surface area (Å²) in [7, 11) is 1.63. The van der Waals surface area contributed by atoms with Crippen LogP contribution >= 0.6 is 11.6 Å². The molecule has 1 atom stereocenters. The Morgan fingerprint density at radius 3 is 2.43 bits per heavy atom. The lowest BCUT2D eigenvalue weighted by molar-refractivity contribution is -0.133. The first-order valence-electron chi connectivity index (χ1n) is 7.76. The molecular formula is C17H24ClNO2. The average Bonchev–Trinajstić information content (AvgIpc) is 2.56. The van der Waals surface area contributed by atoms with Gasteiger partial charge in [-0.3, -0.25) is 4.79 Å². The van der Waals surface area contributed by atoms with E-state index < -0.39 is 5.38 Å². The zero-order valence-electron chi connectivity index (χ0n) is 12.8. The second-order valence-electron chi connectivity index (χ2n) is 5.55. The summed E-state index contributed by atoms with van der Waals surface area (Å²) >= 11 is 6.41. The lowest BCUT2D eigenvalue weighted by atomic mass is 9.93. The number of carbonyl (C=O) groups excluding carboxylic acids is 1. The van der Waals surface area contributed by atoms with Gasteiger partial charge < -0.3 is 9.64 Å². The van der Waals surface area contributed by atoms with E-state index in [9.17, 15) is 4.79 Å². The molecule has 1 unspecified atom stereocenters. The van der Waals surface area contributed by atoms with Crippen molar-refractivity contribution in [2.45, 2.75) is 50.4 Å². The van der Waals surface area contributed by atoms with Gasteiger partial charge in [-0.05, 0) is 37.5 Å². The molecular weight excluding hydrogens is 286 g/mol. The van der Waals surface area contributed by atoms with Crippen LogP contribution in [0.25, 0.3) is 0 Å². The molecule has 0 bridgehead atoms. The maximum absolute atomic E-state index is 12.7. The molecule has 1 aliphatic rings. The van der Waals surface area contributed by atoms with Crippen molar-refractivity contribution in [3.05, 3.63) is 29.8 Å². The van der Waals surface area contributed by atoms with Crippen molar-refractivity contribution in [3.63, 3.8) is 0 Å². The molecule has 1 aromatic carbocycles.